The molecule has 116 valence electrons. The molecule has 0 aromatic carbocycles. The zero-order chi connectivity index (χ0) is 15.6. The Kier molecular flexibility index (Phi) is 4.65. The molecular weight excluding hydrogens is 268 g/mol. The first-order chi connectivity index (χ1) is 9.93. The Hall–Kier alpha value is -1.85. The summed E-state index contributed by atoms with van der Waals surface area (Å²) in [5.74, 6) is -0.0525. The number of amides is 2. The average Bonchev–Trinajstić information content (AvgIpc) is 2.90. The highest BCUT2D eigenvalue weighted by molar-refractivity contribution is 5.94. The van der Waals surface area contributed by atoms with Crippen molar-refractivity contribution in [1.29, 1.82) is 0 Å². The molecule has 2 amide bonds. The lowest BCUT2D eigenvalue weighted by atomic mass is 9.99. The van der Waals surface area contributed by atoms with Crippen molar-refractivity contribution in [3.63, 3.8) is 0 Å². The third kappa shape index (κ3) is 3.25. The number of nitrogens with one attached hydrogen (secondary N) is 1. The van der Waals surface area contributed by atoms with Gasteiger partial charge in [0.25, 0.3) is 0 Å². The molecule has 0 spiro atoms. The lowest BCUT2D eigenvalue weighted by Crippen LogP contribution is -2.59. The predicted octanol–water partition coefficient (Wildman–Crippen LogP) is 1.34. The van der Waals surface area contributed by atoms with Gasteiger partial charge in [-0.3, -0.25) is 14.3 Å². The lowest BCUT2D eigenvalue weighted by Gasteiger charge is -2.36. The van der Waals surface area contributed by atoms with E-state index in [1.165, 1.54) is 0 Å². The second kappa shape index (κ2) is 6.28. The van der Waals surface area contributed by atoms with Crippen LogP contribution in [0.15, 0.2) is 12.3 Å². The van der Waals surface area contributed by atoms with E-state index >= 15 is 0 Å². The van der Waals surface area contributed by atoms with Gasteiger partial charge in [-0.15, -0.1) is 0 Å². The van der Waals surface area contributed by atoms with Gasteiger partial charge in [0.15, 0.2) is 0 Å². The van der Waals surface area contributed by atoms with Crippen LogP contribution < -0.4 is 5.32 Å². The number of aromatic nitrogens is 2. The smallest absolute Gasteiger partial charge is 0.243 e. The molecule has 2 rings (SSSR count). The van der Waals surface area contributed by atoms with Gasteiger partial charge in [-0.05, 0) is 25.3 Å². The first kappa shape index (κ1) is 15.5. The van der Waals surface area contributed by atoms with Gasteiger partial charge in [0.1, 0.15) is 6.04 Å². The minimum atomic E-state index is -0.417. The molecule has 1 saturated heterocycles. The van der Waals surface area contributed by atoms with Gasteiger partial charge in [0.2, 0.25) is 11.8 Å². The second-order valence-electron chi connectivity index (χ2n) is 5.97. The minimum absolute atomic E-state index is 0.0496. The van der Waals surface area contributed by atoms with E-state index in [9.17, 15) is 9.59 Å². The molecule has 0 saturated carbocycles. The molecule has 1 N–H and O–H groups in total. The fraction of sp³-hybridized carbons (Fsp3) is 0.667. The van der Waals surface area contributed by atoms with Crippen LogP contribution in [-0.2, 0) is 16.1 Å². The number of hydrogen-bond donors (Lipinski definition) is 1. The van der Waals surface area contributed by atoms with Crippen LogP contribution in [0.3, 0.4) is 0 Å². The summed E-state index contributed by atoms with van der Waals surface area (Å²) < 4.78 is 1.91. The number of carbonyl (C=O) groups excluding carboxylic acids is 2. The first-order valence-electron chi connectivity index (χ1n) is 7.55. The summed E-state index contributed by atoms with van der Waals surface area (Å²) >= 11 is 0. The summed E-state index contributed by atoms with van der Waals surface area (Å²) in [5, 5.41) is 7.18. The van der Waals surface area contributed by atoms with Crippen LogP contribution in [-0.4, -0.2) is 39.1 Å². The highest BCUT2D eigenvalue weighted by Gasteiger charge is 2.36. The molecule has 0 radical (unpaired) electrons. The van der Waals surface area contributed by atoms with Gasteiger partial charge in [-0.1, -0.05) is 20.8 Å². The van der Waals surface area contributed by atoms with Gasteiger partial charge in [-0.2, -0.15) is 5.10 Å². The summed E-state index contributed by atoms with van der Waals surface area (Å²) in [6, 6.07) is 1.84. The van der Waals surface area contributed by atoms with E-state index in [1.807, 2.05) is 30.8 Å². The summed E-state index contributed by atoms with van der Waals surface area (Å²) in [6.07, 6.45) is 2.93. The molecule has 1 aliphatic rings. The Bertz CT molecular complexity index is 523. The Morgan fingerprint density at radius 3 is 2.71 bits per heavy atom. The van der Waals surface area contributed by atoms with Crippen LogP contribution in [0.4, 0.5) is 0 Å². The van der Waals surface area contributed by atoms with Crippen molar-refractivity contribution in [2.24, 2.45) is 5.92 Å². The Morgan fingerprint density at radius 2 is 2.10 bits per heavy atom. The van der Waals surface area contributed by atoms with E-state index in [-0.39, 0.29) is 24.3 Å². The van der Waals surface area contributed by atoms with Gasteiger partial charge < -0.3 is 10.2 Å². The SMILES string of the molecule is CCC(C)n1ccc(CN2C(=O)CNC(=O)C2C(C)C)n1. The summed E-state index contributed by atoms with van der Waals surface area (Å²) in [5.41, 5.74) is 0.823. The zero-order valence-corrected chi connectivity index (χ0v) is 13.2. The van der Waals surface area contributed by atoms with E-state index < -0.39 is 6.04 Å². The number of hydrogen-bond acceptors (Lipinski definition) is 3. The molecule has 0 aliphatic carbocycles. The van der Waals surface area contributed by atoms with Crippen LogP contribution in [0, 0.1) is 5.92 Å². The van der Waals surface area contributed by atoms with Crippen LogP contribution in [0.25, 0.3) is 0 Å². The molecule has 1 aromatic heterocycles. The topological polar surface area (TPSA) is 67.2 Å². The number of nitrogens with zero attached hydrogens (tertiary/aromatic N) is 3. The molecule has 0 bridgehead atoms. The monoisotopic (exact) mass is 292 g/mol. The average molecular weight is 292 g/mol. The molecule has 1 aliphatic heterocycles. The number of rotatable bonds is 5. The molecule has 2 atom stereocenters. The van der Waals surface area contributed by atoms with Crippen LogP contribution in [0.5, 0.6) is 0 Å². The van der Waals surface area contributed by atoms with Crippen LogP contribution in [0.1, 0.15) is 45.9 Å². The molecular formula is C15H24N4O2. The largest absolute Gasteiger partial charge is 0.345 e. The van der Waals surface area contributed by atoms with E-state index in [0.717, 1.165) is 12.1 Å². The van der Waals surface area contributed by atoms with E-state index in [0.29, 0.717) is 12.6 Å². The van der Waals surface area contributed by atoms with Gasteiger partial charge in [0, 0.05) is 12.2 Å². The lowest BCUT2D eigenvalue weighted by molar-refractivity contribution is -0.148. The second-order valence-corrected chi connectivity index (χ2v) is 5.97. The van der Waals surface area contributed by atoms with E-state index in [2.05, 4.69) is 24.3 Å². The molecule has 2 unspecified atom stereocenters. The molecule has 1 fully saturated rings. The molecule has 2 heterocycles. The van der Waals surface area contributed by atoms with E-state index in [1.54, 1.807) is 4.90 Å². The summed E-state index contributed by atoms with van der Waals surface area (Å²) in [7, 11) is 0. The van der Waals surface area contributed by atoms with E-state index in [4.69, 9.17) is 0 Å². The van der Waals surface area contributed by atoms with Crippen LogP contribution >= 0.6 is 0 Å². The van der Waals surface area contributed by atoms with Crippen molar-refractivity contribution in [3.05, 3.63) is 18.0 Å². The third-order valence-electron chi connectivity index (χ3n) is 4.01. The van der Waals surface area contributed by atoms with Gasteiger partial charge >= 0.3 is 0 Å². The molecule has 6 nitrogen and oxygen atoms in total. The molecule has 21 heavy (non-hydrogen) atoms. The summed E-state index contributed by atoms with van der Waals surface area (Å²) in [6.45, 7) is 8.58. The normalized spacial score (nSPS) is 20.8. The Morgan fingerprint density at radius 1 is 1.38 bits per heavy atom. The predicted molar refractivity (Wildman–Crippen MR) is 79.4 cm³/mol. The van der Waals surface area contributed by atoms with Crippen LogP contribution in [0.2, 0.25) is 0 Å². The maximum absolute atomic E-state index is 12.1. The maximum Gasteiger partial charge on any atom is 0.243 e. The minimum Gasteiger partial charge on any atom is -0.345 e. The Balaban J connectivity index is 2.17. The van der Waals surface area contributed by atoms with Crippen molar-refractivity contribution in [3.8, 4) is 0 Å². The van der Waals surface area contributed by atoms with Gasteiger partial charge in [-0.25, -0.2) is 0 Å². The van der Waals surface area contributed by atoms with Crippen molar-refractivity contribution in [2.75, 3.05) is 6.54 Å². The summed E-state index contributed by atoms with van der Waals surface area (Å²) in [4.78, 5) is 25.8. The number of carbonyl (C=O) groups is 2. The fourth-order valence-corrected chi connectivity index (χ4v) is 2.58. The highest BCUT2D eigenvalue weighted by Crippen LogP contribution is 2.18. The van der Waals surface area contributed by atoms with Crippen molar-refractivity contribution < 1.29 is 9.59 Å². The van der Waals surface area contributed by atoms with Crippen molar-refractivity contribution >= 4 is 11.8 Å². The fourth-order valence-electron chi connectivity index (χ4n) is 2.58. The van der Waals surface area contributed by atoms with Crippen molar-refractivity contribution in [1.82, 2.24) is 20.0 Å². The Labute approximate surface area is 125 Å². The standard InChI is InChI=1S/C15H24N4O2/c1-5-11(4)19-7-6-12(17-19)9-18-13(20)8-16-15(21)14(18)10(2)3/h6-7,10-11,14H,5,8-9H2,1-4H3,(H,16,21). The quantitative estimate of drug-likeness (QED) is 0.890. The van der Waals surface area contributed by atoms with Gasteiger partial charge in [0.05, 0.1) is 18.8 Å². The molecule has 1 aromatic rings. The zero-order valence-electron chi connectivity index (χ0n) is 13.2. The maximum atomic E-state index is 12.1. The first-order valence-corrected chi connectivity index (χ1v) is 7.55. The third-order valence-corrected chi connectivity index (χ3v) is 4.01. The van der Waals surface area contributed by atoms with Crippen molar-refractivity contribution in [2.45, 2.75) is 52.7 Å². The molecule has 6 heteroatoms. The highest BCUT2D eigenvalue weighted by atomic mass is 16.2. The number of piperazine rings is 1.